The summed E-state index contributed by atoms with van der Waals surface area (Å²) in [5.41, 5.74) is 0.789. The maximum Gasteiger partial charge on any atom is 0.242 e. The van der Waals surface area contributed by atoms with Gasteiger partial charge in [0.25, 0.3) is 0 Å². The standard InChI is InChI=1S/C19H21FN2O4S/c1-14(23)15-8-10-18(11-9-15)27(25,26)22(2)12-4-7-19(24)21-17-6-3-5-16(20)13-17/h3,5-6,8-11,13H,4,7,12H2,1-2H3,(H,21,24). The number of hydrogen-bond donors (Lipinski definition) is 1. The third-order valence-electron chi connectivity index (χ3n) is 3.95. The number of halogens is 1. The van der Waals surface area contributed by atoms with Crippen molar-refractivity contribution in [2.75, 3.05) is 18.9 Å². The van der Waals surface area contributed by atoms with E-state index < -0.39 is 15.8 Å². The summed E-state index contributed by atoms with van der Waals surface area (Å²) in [6, 6.07) is 11.3. The molecule has 0 unspecified atom stereocenters. The van der Waals surface area contributed by atoms with Gasteiger partial charge in [0, 0.05) is 31.3 Å². The number of nitrogens with zero attached hydrogens (tertiary/aromatic N) is 1. The number of benzene rings is 2. The number of carbonyl (C=O) groups excluding carboxylic acids is 2. The van der Waals surface area contributed by atoms with Crippen LogP contribution in [0.3, 0.4) is 0 Å². The fourth-order valence-electron chi connectivity index (χ4n) is 2.41. The fourth-order valence-corrected chi connectivity index (χ4v) is 3.62. The number of carbonyl (C=O) groups is 2. The summed E-state index contributed by atoms with van der Waals surface area (Å²) in [4.78, 5) is 23.3. The number of ketones is 1. The van der Waals surface area contributed by atoms with Gasteiger partial charge in [-0.25, -0.2) is 17.1 Å². The molecule has 0 saturated heterocycles. The first-order valence-corrected chi connectivity index (χ1v) is 9.77. The third kappa shape index (κ3) is 5.70. The minimum absolute atomic E-state index is 0.0826. The van der Waals surface area contributed by atoms with Crippen molar-refractivity contribution in [2.24, 2.45) is 0 Å². The molecule has 8 heteroatoms. The van der Waals surface area contributed by atoms with Gasteiger partial charge in [-0.2, -0.15) is 0 Å². The van der Waals surface area contributed by atoms with Gasteiger partial charge >= 0.3 is 0 Å². The van der Waals surface area contributed by atoms with E-state index in [0.29, 0.717) is 17.7 Å². The Bertz CT molecular complexity index is 927. The number of hydrogen-bond acceptors (Lipinski definition) is 4. The van der Waals surface area contributed by atoms with Crippen molar-refractivity contribution in [1.82, 2.24) is 4.31 Å². The highest BCUT2D eigenvalue weighted by Crippen LogP contribution is 2.16. The highest BCUT2D eigenvalue weighted by molar-refractivity contribution is 7.89. The largest absolute Gasteiger partial charge is 0.326 e. The topological polar surface area (TPSA) is 83.6 Å². The lowest BCUT2D eigenvalue weighted by Crippen LogP contribution is -2.28. The van der Waals surface area contributed by atoms with Gasteiger partial charge in [0.15, 0.2) is 5.78 Å². The van der Waals surface area contributed by atoms with Gasteiger partial charge in [0.1, 0.15) is 5.82 Å². The molecule has 0 spiro atoms. The van der Waals surface area contributed by atoms with Crippen molar-refractivity contribution in [3.63, 3.8) is 0 Å². The van der Waals surface area contributed by atoms with Crippen LogP contribution in [0.25, 0.3) is 0 Å². The van der Waals surface area contributed by atoms with Crippen molar-refractivity contribution in [2.45, 2.75) is 24.7 Å². The summed E-state index contributed by atoms with van der Waals surface area (Å²) in [5.74, 6) is -0.914. The molecule has 2 aromatic rings. The molecule has 6 nitrogen and oxygen atoms in total. The zero-order valence-corrected chi connectivity index (χ0v) is 15.9. The first-order valence-electron chi connectivity index (χ1n) is 8.33. The number of sulfonamides is 1. The normalized spacial score (nSPS) is 11.4. The second-order valence-corrected chi connectivity index (χ2v) is 8.11. The Hall–Kier alpha value is -2.58. The quantitative estimate of drug-likeness (QED) is 0.700. The average Bonchev–Trinajstić information content (AvgIpc) is 2.61. The van der Waals surface area contributed by atoms with Crippen LogP contribution in [0.4, 0.5) is 10.1 Å². The van der Waals surface area contributed by atoms with Crippen molar-refractivity contribution in [3.8, 4) is 0 Å². The Morgan fingerprint density at radius 2 is 1.78 bits per heavy atom. The van der Waals surface area contributed by atoms with E-state index in [1.54, 1.807) is 6.07 Å². The van der Waals surface area contributed by atoms with E-state index in [2.05, 4.69) is 5.32 Å². The van der Waals surface area contributed by atoms with Crippen molar-refractivity contribution >= 4 is 27.4 Å². The minimum Gasteiger partial charge on any atom is -0.326 e. The average molecular weight is 392 g/mol. The number of anilines is 1. The zero-order valence-electron chi connectivity index (χ0n) is 15.1. The highest BCUT2D eigenvalue weighted by Gasteiger charge is 2.20. The molecule has 0 fully saturated rings. The van der Waals surface area contributed by atoms with Crippen LogP contribution in [0.5, 0.6) is 0 Å². The van der Waals surface area contributed by atoms with Crippen LogP contribution < -0.4 is 5.32 Å². The maximum atomic E-state index is 13.1. The molecule has 0 saturated carbocycles. The van der Waals surface area contributed by atoms with Crippen molar-refractivity contribution in [1.29, 1.82) is 0 Å². The Morgan fingerprint density at radius 3 is 2.37 bits per heavy atom. The zero-order chi connectivity index (χ0) is 20.0. The number of amides is 1. The van der Waals surface area contributed by atoms with Gasteiger partial charge in [-0.05, 0) is 43.7 Å². The molecule has 27 heavy (non-hydrogen) atoms. The summed E-state index contributed by atoms with van der Waals surface area (Å²) in [6.45, 7) is 1.55. The van der Waals surface area contributed by atoms with Crippen LogP contribution >= 0.6 is 0 Å². The van der Waals surface area contributed by atoms with Crippen LogP contribution in [0.1, 0.15) is 30.1 Å². The lowest BCUT2D eigenvalue weighted by atomic mass is 10.2. The van der Waals surface area contributed by atoms with Gasteiger partial charge in [0.2, 0.25) is 15.9 Å². The molecule has 0 aliphatic carbocycles. The van der Waals surface area contributed by atoms with Crippen LogP contribution in [0.15, 0.2) is 53.4 Å². The Balaban J connectivity index is 1.89. The van der Waals surface area contributed by atoms with Crippen LogP contribution in [0.2, 0.25) is 0 Å². The summed E-state index contributed by atoms with van der Waals surface area (Å²) >= 11 is 0. The molecule has 0 radical (unpaired) electrons. The van der Waals surface area contributed by atoms with E-state index in [4.69, 9.17) is 0 Å². The number of nitrogens with one attached hydrogen (secondary N) is 1. The molecule has 0 heterocycles. The number of Topliss-reactive ketones (excluding diaryl/α,β-unsaturated/α-hetero) is 1. The van der Waals surface area contributed by atoms with E-state index in [1.165, 1.54) is 56.4 Å². The first kappa shape index (κ1) is 20.7. The van der Waals surface area contributed by atoms with Gasteiger partial charge in [-0.1, -0.05) is 18.2 Å². The van der Waals surface area contributed by atoms with E-state index in [-0.39, 0.29) is 29.6 Å². The monoisotopic (exact) mass is 392 g/mol. The second-order valence-electron chi connectivity index (χ2n) is 6.07. The third-order valence-corrected chi connectivity index (χ3v) is 5.83. The van der Waals surface area contributed by atoms with Crippen LogP contribution in [-0.4, -0.2) is 38.0 Å². The van der Waals surface area contributed by atoms with E-state index in [1.807, 2.05) is 0 Å². The van der Waals surface area contributed by atoms with Crippen molar-refractivity contribution < 1.29 is 22.4 Å². The predicted octanol–water partition coefficient (Wildman–Crippen LogP) is 3.07. The van der Waals surface area contributed by atoms with E-state index in [9.17, 15) is 22.4 Å². The van der Waals surface area contributed by atoms with Gasteiger partial charge < -0.3 is 5.32 Å². The molecule has 0 aromatic heterocycles. The number of rotatable bonds is 8. The molecule has 1 amide bonds. The van der Waals surface area contributed by atoms with E-state index in [0.717, 1.165) is 4.31 Å². The lowest BCUT2D eigenvalue weighted by molar-refractivity contribution is -0.116. The predicted molar refractivity (Wildman–Crippen MR) is 101 cm³/mol. The maximum absolute atomic E-state index is 13.1. The molecular weight excluding hydrogens is 371 g/mol. The van der Waals surface area contributed by atoms with Gasteiger partial charge in [0.05, 0.1) is 4.90 Å². The van der Waals surface area contributed by atoms with Crippen molar-refractivity contribution in [3.05, 3.63) is 59.9 Å². The van der Waals surface area contributed by atoms with E-state index >= 15 is 0 Å². The SMILES string of the molecule is CC(=O)c1ccc(S(=O)(=O)N(C)CCCC(=O)Nc2cccc(F)c2)cc1. The summed E-state index contributed by atoms with van der Waals surface area (Å²) in [6.07, 6.45) is 0.405. The van der Waals surface area contributed by atoms with Crippen LogP contribution in [-0.2, 0) is 14.8 Å². The molecule has 0 bridgehead atoms. The highest BCUT2D eigenvalue weighted by atomic mass is 32.2. The molecule has 0 atom stereocenters. The molecule has 2 rings (SSSR count). The molecule has 1 N–H and O–H groups in total. The molecule has 144 valence electrons. The van der Waals surface area contributed by atoms with Crippen LogP contribution in [0, 0.1) is 5.82 Å². The van der Waals surface area contributed by atoms with Gasteiger partial charge in [-0.3, -0.25) is 9.59 Å². The summed E-state index contributed by atoms with van der Waals surface area (Å²) < 4.78 is 39.3. The Kier molecular flexibility index (Phi) is 6.81. The Labute approximate surface area is 158 Å². The smallest absolute Gasteiger partial charge is 0.242 e. The first-order chi connectivity index (χ1) is 12.7. The molecule has 0 aliphatic rings. The fraction of sp³-hybridized carbons (Fsp3) is 0.263. The molecule has 2 aromatic carbocycles. The van der Waals surface area contributed by atoms with Gasteiger partial charge in [-0.15, -0.1) is 0 Å². The minimum atomic E-state index is -3.70. The lowest BCUT2D eigenvalue weighted by Gasteiger charge is -2.17. The molecule has 0 aliphatic heterocycles. The summed E-state index contributed by atoms with van der Waals surface area (Å²) in [5, 5.41) is 2.56. The molecular formula is C19H21FN2O4S. The second kappa shape index (κ2) is 8.88. The Morgan fingerprint density at radius 1 is 1.11 bits per heavy atom. The summed E-state index contributed by atoms with van der Waals surface area (Å²) in [7, 11) is -2.27.